The normalized spacial score (nSPS) is 11.0. The van der Waals surface area contributed by atoms with Crippen molar-refractivity contribution in [1.29, 1.82) is 0 Å². The van der Waals surface area contributed by atoms with Crippen molar-refractivity contribution >= 4 is 5.97 Å². The Balaban J connectivity index is 3.09. The van der Waals surface area contributed by atoms with Crippen LogP contribution >= 0.6 is 0 Å². The zero-order valence-corrected chi connectivity index (χ0v) is 17.7. The van der Waals surface area contributed by atoms with Crippen LogP contribution in [0.5, 0.6) is 0 Å². The van der Waals surface area contributed by atoms with Gasteiger partial charge in [0.15, 0.2) is 0 Å². The molecule has 3 heteroatoms. The molecule has 0 saturated carbocycles. The highest BCUT2D eigenvalue weighted by Gasteiger charge is 2.02. The van der Waals surface area contributed by atoms with Crippen molar-refractivity contribution in [3.8, 4) is 0 Å². The van der Waals surface area contributed by atoms with Crippen LogP contribution in [0.3, 0.4) is 0 Å². The highest BCUT2D eigenvalue weighted by atomic mass is 16.5. The van der Waals surface area contributed by atoms with Crippen LogP contribution in [0.1, 0.15) is 129 Å². The second kappa shape index (κ2) is 22.5. The van der Waals surface area contributed by atoms with Crippen molar-refractivity contribution in [3.63, 3.8) is 0 Å². The number of ether oxygens (including phenoxy) is 1. The van der Waals surface area contributed by atoms with Gasteiger partial charge in [0.25, 0.3) is 0 Å². The minimum absolute atomic E-state index is 0.0209. The monoisotopic (exact) mass is 369 g/mol. The van der Waals surface area contributed by atoms with E-state index in [4.69, 9.17) is 10.5 Å². The Morgan fingerprint density at radius 3 is 1.50 bits per heavy atom. The molecule has 0 rings (SSSR count). The maximum absolute atomic E-state index is 11.6. The molecule has 26 heavy (non-hydrogen) atoms. The summed E-state index contributed by atoms with van der Waals surface area (Å²) in [5, 5.41) is 0. The topological polar surface area (TPSA) is 52.3 Å². The lowest BCUT2D eigenvalue weighted by atomic mass is 10.0. The zero-order valence-electron chi connectivity index (χ0n) is 17.7. The number of nitrogens with two attached hydrogens (primary N) is 1. The van der Waals surface area contributed by atoms with E-state index < -0.39 is 0 Å². The van der Waals surface area contributed by atoms with Crippen molar-refractivity contribution in [3.05, 3.63) is 0 Å². The summed E-state index contributed by atoms with van der Waals surface area (Å²) in [4.78, 5) is 11.6. The highest BCUT2D eigenvalue weighted by Crippen LogP contribution is 2.13. The summed E-state index contributed by atoms with van der Waals surface area (Å²) in [7, 11) is 0. The van der Waals surface area contributed by atoms with Crippen molar-refractivity contribution in [2.24, 2.45) is 5.73 Å². The van der Waals surface area contributed by atoms with Gasteiger partial charge in [0.2, 0.25) is 0 Å². The smallest absolute Gasteiger partial charge is 0.305 e. The molecule has 0 amide bonds. The number of carbonyl (C=O) groups excluding carboxylic acids is 1. The van der Waals surface area contributed by atoms with Gasteiger partial charge in [-0.3, -0.25) is 4.79 Å². The molecule has 0 heterocycles. The summed E-state index contributed by atoms with van der Waals surface area (Å²) in [6.45, 7) is 3.58. The molecule has 0 aliphatic rings. The minimum atomic E-state index is -0.0209. The van der Waals surface area contributed by atoms with E-state index in [0.29, 0.717) is 13.0 Å². The van der Waals surface area contributed by atoms with Gasteiger partial charge in [0.1, 0.15) is 0 Å². The van der Waals surface area contributed by atoms with Crippen LogP contribution in [0.2, 0.25) is 0 Å². The van der Waals surface area contributed by atoms with Crippen LogP contribution < -0.4 is 5.73 Å². The molecule has 0 aliphatic carbocycles. The number of hydrogen-bond acceptors (Lipinski definition) is 3. The Hall–Kier alpha value is -0.570. The molecule has 0 radical (unpaired) electrons. The van der Waals surface area contributed by atoms with Gasteiger partial charge in [-0.15, -0.1) is 0 Å². The third-order valence-corrected chi connectivity index (χ3v) is 5.10. The molecule has 0 atom stereocenters. The van der Waals surface area contributed by atoms with Crippen molar-refractivity contribution in [1.82, 2.24) is 0 Å². The van der Waals surface area contributed by atoms with E-state index in [2.05, 4.69) is 6.92 Å². The maximum atomic E-state index is 11.6. The van der Waals surface area contributed by atoms with E-state index in [9.17, 15) is 4.79 Å². The molecule has 0 spiro atoms. The van der Waals surface area contributed by atoms with E-state index in [1.165, 1.54) is 89.9 Å². The van der Waals surface area contributed by atoms with Crippen LogP contribution in [-0.2, 0) is 9.53 Å². The highest BCUT2D eigenvalue weighted by molar-refractivity contribution is 5.69. The fourth-order valence-electron chi connectivity index (χ4n) is 3.32. The van der Waals surface area contributed by atoms with Gasteiger partial charge in [-0.1, -0.05) is 96.8 Å². The average molecular weight is 370 g/mol. The molecule has 3 nitrogen and oxygen atoms in total. The van der Waals surface area contributed by atoms with Crippen molar-refractivity contribution in [2.45, 2.75) is 129 Å². The molecule has 0 aliphatic heterocycles. The lowest BCUT2D eigenvalue weighted by Crippen LogP contribution is -2.06. The van der Waals surface area contributed by atoms with Gasteiger partial charge < -0.3 is 10.5 Å². The molecule has 2 N–H and O–H groups in total. The summed E-state index contributed by atoms with van der Waals surface area (Å²) in [5.41, 5.74) is 5.43. The molecule has 0 fully saturated rings. The molecule has 0 aromatic carbocycles. The summed E-state index contributed by atoms with van der Waals surface area (Å²) < 4.78 is 5.23. The number of esters is 1. The molecule has 0 unspecified atom stereocenters. The fourth-order valence-corrected chi connectivity index (χ4v) is 3.32. The second-order valence-electron chi connectivity index (χ2n) is 7.77. The number of unbranched alkanes of at least 4 members (excludes halogenated alkanes) is 16. The van der Waals surface area contributed by atoms with E-state index >= 15 is 0 Å². The standard InChI is InChI=1S/C23H47NO2/c1-2-3-4-5-6-7-8-9-10-11-12-13-14-15-17-20-23(25)26-22-19-16-18-21-24/h2-22,24H2,1H3. The number of rotatable bonds is 21. The van der Waals surface area contributed by atoms with Crippen molar-refractivity contribution < 1.29 is 9.53 Å². The Labute approximate surface area is 163 Å². The molecular weight excluding hydrogens is 322 g/mol. The summed E-state index contributed by atoms with van der Waals surface area (Å²) in [6.07, 6.45) is 23.9. The number of carbonyl (C=O) groups is 1. The Morgan fingerprint density at radius 1 is 0.615 bits per heavy atom. The van der Waals surface area contributed by atoms with Crippen LogP contribution in [-0.4, -0.2) is 19.1 Å². The Morgan fingerprint density at radius 2 is 1.04 bits per heavy atom. The van der Waals surface area contributed by atoms with Crippen LogP contribution in [0.25, 0.3) is 0 Å². The Bertz CT molecular complexity index is 281. The van der Waals surface area contributed by atoms with Gasteiger partial charge in [-0.05, 0) is 32.2 Å². The third kappa shape index (κ3) is 21.5. The molecular formula is C23H47NO2. The third-order valence-electron chi connectivity index (χ3n) is 5.10. The first kappa shape index (κ1) is 25.4. The predicted octanol–water partition coefficient (Wildman–Crippen LogP) is 6.92. The largest absolute Gasteiger partial charge is 0.466 e. The SMILES string of the molecule is CCCCCCCCCCCCCCCCCC(=O)OCCCCCN. The fraction of sp³-hybridized carbons (Fsp3) is 0.957. The average Bonchev–Trinajstić information content (AvgIpc) is 2.64. The molecule has 0 aromatic heterocycles. The van der Waals surface area contributed by atoms with Gasteiger partial charge in [0, 0.05) is 6.42 Å². The molecule has 156 valence electrons. The first-order valence-electron chi connectivity index (χ1n) is 11.7. The van der Waals surface area contributed by atoms with Gasteiger partial charge in [0.05, 0.1) is 6.61 Å². The van der Waals surface area contributed by atoms with E-state index in [1.54, 1.807) is 0 Å². The maximum Gasteiger partial charge on any atom is 0.305 e. The number of hydrogen-bond donors (Lipinski definition) is 1. The van der Waals surface area contributed by atoms with E-state index in [1.807, 2.05) is 0 Å². The van der Waals surface area contributed by atoms with Crippen LogP contribution in [0, 0.1) is 0 Å². The van der Waals surface area contributed by atoms with Gasteiger partial charge in [-0.25, -0.2) is 0 Å². The summed E-state index contributed by atoms with van der Waals surface area (Å²) in [6, 6.07) is 0. The lowest BCUT2D eigenvalue weighted by Gasteiger charge is -2.05. The first-order chi connectivity index (χ1) is 12.8. The van der Waals surface area contributed by atoms with Crippen LogP contribution in [0.4, 0.5) is 0 Å². The zero-order chi connectivity index (χ0) is 19.1. The lowest BCUT2D eigenvalue weighted by molar-refractivity contribution is -0.143. The molecule has 0 aromatic rings. The van der Waals surface area contributed by atoms with E-state index in [0.717, 1.165) is 32.2 Å². The van der Waals surface area contributed by atoms with Crippen molar-refractivity contribution in [2.75, 3.05) is 13.2 Å². The summed E-state index contributed by atoms with van der Waals surface area (Å²) in [5.74, 6) is -0.0209. The van der Waals surface area contributed by atoms with Gasteiger partial charge in [-0.2, -0.15) is 0 Å². The van der Waals surface area contributed by atoms with E-state index in [-0.39, 0.29) is 5.97 Å². The summed E-state index contributed by atoms with van der Waals surface area (Å²) >= 11 is 0. The molecule has 0 bridgehead atoms. The quantitative estimate of drug-likeness (QED) is 0.176. The van der Waals surface area contributed by atoms with Gasteiger partial charge >= 0.3 is 5.97 Å². The predicted molar refractivity (Wildman–Crippen MR) is 113 cm³/mol. The van der Waals surface area contributed by atoms with Crippen LogP contribution in [0.15, 0.2) is 0 Å². The Kier molecular flexibility index (Phi) is 22.0. The minimum Gasteiger partial charge on any atom is -0.466 e. The first-order valence-corrected chi connectivity index (χ1v) is 11.7. The molecule has 0 saturated heterocycles. The second-order valence-corrected chi connectivity index (χ2v) is 7.77.